The lowest BCUT2D eigenvalue weighted by molar-refractivity contribution is 0.141. The number of aromatic nitrogens is 2. The van der Waals surface area contributed by atoms with Crippen molar-refractivity contribution in [2.24, 2.45) is 5.90 Å². The Balaban J connectivity index is 2.30. The van der Waals surface area contributed by atoms with E-state index in [1.54, 1.807) is 12.5 Å². The predicted octanol–water partition coefficient (Wildman–Crippen LogP) is 1.31. The van der Waals surface area contributed by atoms with Crippen LogP contribution in [0.4, 0.5) is 0 Å². The summed E-state index contributed by atoms with van der Waals surface area (Å²) in [4.78, 5) is 8.62. The average molecular weight is 203 g/mol. The first kappa shape index (κ1) is 9.89. The lowest BCUT2D eigenvalue weighted by Gasteiger charge is -2.08. The van der Waals surface area contributed by atoms with E-state index in [2.05, 4.69) is 15.9 Å². The molecule has 2 aromatic rings. The Kier molecular flexibility index (Phi) is 3.11. The van der Waals surface area contributed by atoms with Crippen molar-refractivity contribution >= 4 is 0 Å². The number of nitrogens with zero attached hydrogens (tertiary/aromatic N) is 2. The summed E-state index contributed by atoms with van der Waals surface area (Å²) in [5.41, 5.74) is 2.31. The quantitative estimate of drug-likeness (QED) is 0.762. The monoisotopic (exact) mass is 203 g/mol. The predicted molar refractivity (Wildman–Crippen MR) is 57.4 cm³/mol. The molecular weight excluding hydrogens is 190 g/mol. The molecule has 0 aliphatic carbocycles. The molecule has 0 fully saturated rings. The van der Waals surface area contributed by atoms with Gasteiger partial charge in [-0.15, -0.1) is 0 Å². The fourth-order valence-electron chi connectivity index (χ4n) is 1.54. The summed E-state index contributed by atoms with van der Waals surface area (Å²) in [5.74, 6) is 5.03. The highest BCUT2D eigenvalue weighted by Gasteiger charge is 2.02. The molecule has 0 aliphatic heterocycles. The molecule has 2 N–H and O–H groups in total. The van der Waals surface area contributed by atoms with Crippen LogP contribution in [-0.4, -0.2) is 16.2 Å². The van der Waals surface area contributed by atoms with E-state index >= 15 is 0 Å². The number of hydrogen-bond donors (Lipinski definition) is 1. The molecule has 1 heterocycles. The van der Waals surface area contributed by atoms with Gasteiger partial charge in [0, 0.05) is 18.1 Å². The summed E-state index contributed by atoms with van der Waals surface area (Å²) in [6, 6.07) is 8.12. The molecule has 1 aromatic carbocycles. The van der Waals surface area contributed by atoms with Gasteiger partial charge in [-0.2, -0.15) is 0 Å². The number of benzene rings is 1. The van der Waals surface area contributed by atoms with Crippen molar-refractivity contribution in [1.29, 1.82) is 0 Å². The van der Waals surface area contributed by atoms with Gasteiger partial charge in [0.15, 0.2) is 0 Å². The first-order chi connectivity index (χ1) is 7.42. The fraction of sp³-hybridized carbons (Fsp3) is 0.182. The number of nitrogens with two attached hydrogens (primary N) is 1. The van der Waals surface area contributed by atoms with Gasteiger partial charge >= 0.3 is 0 Å². The minimum Gasteiger partial charge on any atom is -0.306 e. The summed E-state index contributed by atoms with van der Waals surface area (Å²) in [5, 5.41) is 0. The van der Waals surface area contributed by atoms with E-state index in [1.807, 2.05) is 29.0 Å². The molecule has 0 aliphatic rings. The van der Waals surface area contributed by atoms with Crippen LogP contribution in [0.3, 0.4) is 0 Å². The molecule has 0 amide bonds. The second-order valence-electron chi connectivity index (χ2n) is 3.22. The smallest absolute Gasteiger partial charge is 0.0991 e. The maximum absolute atomic E-state index is 5.03. The molecule has 78 valence electrons. The Morgan fingerprint density at radius 2 is 2.20 bits per heavy atom. The van der Waals surface area contributed by atoms with Crippen LogP contribution in [0.2, 0.25) is 0 Å². The van der Waals surface area contributed by atoms with Gasteiger partial charge in [0.1, 0.15) is 0 Å². The number of imidazole rings is 1. The van der Waals surface area contributed by atoms with Crippen LogP contribution in [-0.2, 0) is 11.3 Å². The topological polar surface area (TPSA) is 53.1 Å². The van der Waals surface area contributed by atoms with Crippen molar-refractivity contribution in [2.75, 3.05) is 6.61 Å². The van der Waals surface area contributed by atoms with Crippen molar-refractivity contribution in [1.82, 2.24) is 9.55 Å². The number of hydrogen-bond acceptors (Lipinski definition) is 3. The maximum Gasteiger partial charge on any atom is 0.0991 e. The van der Waals surface area contributed by atoms with Crippen molar-refractivity contribution in [3.05, 3.63) is 48.5 Å². The second kappa shape index (κ2) is 4.72. The summed E-state index contributed by atoms with van der Waals surface area (Å²) in [6.45, 7) is 0.520. The van der Waals surface area contributed by atoms with Gasteiger partial charge < -0.3 is 9.40 Å². The summed E-state index contributed by atoms with van der Waals surface area (Å²) >= 11 is 0. The third-order valence-electron chi connectivity index (χ3n) is 2.26. The molecule has 0 saturated heterocycles. The zero-order valence-electron chi connectivity index (χ0n) is 8.34. The van der Waals surface area contributed by atoms with E-state index in [0.29, 0.717) is 6.61 Å². The Hall–Kier alpha value is -1.65. The normalized spacial score (nSPS) is 10.5. The summed E-state index contributed by atoms with van der Waals surface area (Å²) in [6.07, 6.45) is 6.26. The van der Waals surface area contributed by atoms with E-state index in [9.17, 15) is 0 Å². The molecule has 0 spiro atoms. The molecule has 2 rings (SSSR count). The van der Waals surface area contributed by atoms with Gasteiger partial charge in [-0.3, -0.25) is 0 Å². The molecule has 0 saturated carbocycles. The van der Waals surface area contributed by atoms with Crippen molar-refractivity contribution in [3.8, 4) is 5.69 Å². The molecular formula is C11H13N3O. The van der Waals surface area contributed by atoms with Gasteiger partial charge in [-0.1, -0.05) is 18.2 Å². The third kappa shape index (κ3) is 2.23. The van der Waals surface area contributed by atoms with Crippen molar-refractivity contribution in [2.45, 2.75) is 6.42 Å². The summed E-state index contributed by atoms with van der Waals surface area (Å²) < 4.78 is 1.98. The Labute approximate surface area is 88.3 Å². The molecule has 0 bridgehead atoms. The highest BCUT2D eigenvalue weighted by atomic mass is 16.6. The highest BCUT2D eigenvalue weighted by molar-refractivity contribution is 5.40. The molecule has 0 atom stereocenters. The lowest BCUT2D eigenvalue weighted by Crippen LogP contribution is -2.06. The lowest BCUT2D eigenvalue weighted by atomic mass is 10.1. The summed E-state index contributed by atoms with van der Waals surface area (Å²) in [7, 11) is 0. The second-order valence-corrected chi connectivity index (χ2v) is 3.22. The average Bonchev–Trinajstić information content (AvgIpc) is 2.80. The standard InChI is InChI=1S/C11H13N3O/c12-15-8-5-10-3-1-2-4-11(10)14-7-6-13-9-14/h1-4,6-7,9H,5,8,12H2. The number of rotatable bonds is 4. The molecule has 1 aromatic heterocycles. The van der Waals surface area contributed by atoms with Gasteiger partial charge in [0.25, 0.3) is 0 Å². The van der Waals surface area contributed by atoms with Crippen LogP contribution in [0.15, 0.2) is 43.0 Å². The molecule has 0 unspecified atom stereocenters. The van der Waals surface area contributed by atoms with Crippen LogP contribution in [0.25, 0.3) is 5.69 Å². The van der Waals surface area contributed by atoms with Crippen LogP contribution in [0, 0.1) is 0 Å². The largest absolute Gasteiger partial charge is 0.306 e. The first-order valence-electron chi connectivity index (χ1n) is 4.80. The molecule has 0 radical (unpaired) electrons. The van der Waals surface area contributed by atoms with Gasteiger partial charge in [0.05, 0.1) is 12.9 Å². The fourth-order valence-corrected chi connectivity index (χ4v) is 1.54. The van der Waals surface area contributed by atoms with E-state index in [0.717, 1.165) is 12.1 Å². The molecule has 15 heavy (non-hydrogen) atoms. The van der Waals surface area contributed by atoms with Crippen LogP contribution >= 0.6 is 0 Å². The zero-order chi connectivity index (χ0) is 10.5. The van der Waals surface area contributed by atoms with E-state index in [1.165, 1.54) is 5.56 Å². The van der Waals surface area contributed by atoms with Crippen LogP contribution in [0.5, 0.6) is 0 Å². The van der Waals surface area contributed by atoms with Gasteiger partial charge in [0.2, 0.25) is 0 Å². The van der Waals surface area contributed by atoms with Crippen molar-refractivity contribution < 1.29 is 4.84 Å². The Morgan fingerprint density at radius 3 is 2.93 bits per heavy atom. The Morgan fingerprint density at radius 1 is 1.33 bits per heavy atom. The molecule has 4 nitrogen and oxygen atoms in total. The highest BCUT2D eigenvalue weighted by Crippen LogP contribution is 2.14. The number of para-hydroxylation sites is 1. The van der Waals surface area contributed by atoms with Gasteiger partial charge in [-0.05, 0) is 18.1 Å². The van der Waals surface area contributed by atoms with Crippen molar-refractivity contribution in [3.63, 3.8) is 0 Å². The van der Waals surface area contributed by atoms with E-state index < -0.39 is 0 Å². The maximum atomic E-state index is 5.03. The Bertz CT molecular complexity index is 412. The van der Waals surface area contributed by atoms with Crippen LogP contribution < -0.4 is 5.90 Å². The van der Waals surface area contributed by atoms with E-state index in [-0.39, 0.29) is 0 Å². The minimum atomic E-state index is 0.520. The zero-order valence-corrected chi connectivity index (χ0v) is 8.34. The first-order valence-corrected chi connectivity index (χ1v) is 4.80. The van der Waals surface area contributed by atoms with Crippen LogP contribution in [0.1, 0.15) is 5.56 Å². The van der Waals surface area contributed by atoms with E-state index in [4.69, 9.17) is 5.90 Å². The minimum absolute atomic E-state index is 0.520. The SMILES string of the molecule is NOCCc1ccccc1-n1ccnc1. The van der Waals surface area contributed by atoms with Gasteiger partial charge in [-0.25, -0.2) is 10.9 Å². The third-order valence-corrected chi connectivity index (χ3v) is 2.26. The molecule has 4 heteroatoms.